The molecule has 1 atom stereocenters. The van der Waals surface area contributed by atoms with Crippen LogP contribution in [0.25, 0.3) is 11.4 Å². The highest BCUT2D eigenvalue weighted by atomic mass is 15.2. The normalized spacial score (nSPS) is 16.7. The monoisotopic (exact) mass is 262 g/mol. The standard InChI is InChI=1S/C16H14N4/c1-2-6-11(7-3-1)15-18-16(20-19-15)14-10-12-8-4-5-9-13(12)17-14/h1-9,14,17H,10H2,(H,18,19,20)/t14-/m0/s1. The van der Waals surface area contributed by atoms with E-state index in [9.17, 15) is 0 Å². The van der Waals surface area contributed by atoms with Crippen LogP contribution in [0.3, 0.4) is 0 Å². The van der Waals surface area contributed by atoms with Gasteiger partial charge in [-0.05, 0) is 11.6 Å². The van der Waals surface area contributed by atoms with Crippen LogP contribution < -0.4 is 5.32 Å². The van der Waals surface area contributed by atoms with Gasteiger partial charge in [-0.15, -0.1) is 0 Å². The zero-order chi connectivity index (χ0) is 13.4. The van der Waals surface area contributed by atoms with Crippen LogP contribution in [0.2, 0.25) is 0 Å². The summed E-state index contributed by atoms with van der Waals surface area (Å²) in [6, 6.07) is 18.6. The topological polar surface area (TPSA) is 53.6 Å². The minimum Gasteiger partial charge on any atom is -0.375 e. The highest BCUT2D eigenvalue weighted by Gasteiger charge is 2.24. The van der Waals surface area contributed by atoms with Gasteiger partial charge >= 0.3 is 0 Å². The summed E-state index contributed by atoms with van der Waals surface area (Å²) in [6.45, 7) is 0. The van der Waals surface area contributed by atoms with Crippen molar-refractivity contribution < 1.29 is 0 Å². The van der Waals surface area contributed by atoms with Gasteiger partial charge in [-0.25, -0.2) is 4.98 Å². The second-order valence-electron chi connectivity index (χ2n) is 4.97. The van der Waals surface area contributed by atoms with Crippen LogP contribution in [0.15, 0.2) is 54.6 Å². The molecular weight excluding hydrogens is 248 g/mol. The summed E-state index contributed by atoms with van der Waals surface area (Å²) >= 11 is 0. The molecule has 0 unspecified atom stereocenters. The zero-order valence-electron chi connectivity index (χ0n) is 10.9. The summed E-state index contributed by atoms with van der Waals surface area (Å²) in [7, 11) is 0. The highest BCUT2D eigenvalue weighted by molar-refractivity contribution is 5.58. The summed E-state index contributed by atoms with van der Waals surface area (Å²) < 4.78 is 0. The van der Waals surface area contributed by atoms with Crippen LogP contribution in [0.5, 0.6) is 0 Å². The van der Waals surface area contributed by atoms with Gasteiger partial charge in [-0.1, -0.05) is 48.5 Å². The first-order valence-corrected chi connectivity index (χ1v) is 6.72. The van der Waals surface area contributed by atoms with Crippen LogP contribution >= 0.6 is 0 Å². The molecule has 0 aliphatic carbocycles. The third-order valence-electron chi connectivity index (χ3n) is 3.64. The van der Waals surface area contributed by atoms with E-state index in [0.29, 0.717) is 0 Å². The minimum atomic E-state index is 0.178. The van der Waals surface area contributed by atoms with Crippen LogP contribution in [-0.2, 0) is 6.42 Å². The number of H-pyrrole nitrogens is 1. The summed E-state index contributed by atoms with van der Waals surface area (Å²) in [5.74, 6) is 1.64. The quantitative estimate of drug-likeness (QED) is 0.745. The summed E-state index contributed by atoms with van der Waals surface area (Å²) in [6.07, 6.45) is 0.944. The third kappa shape index (κ3) is 1.86. The van der Waals surface area contributed by atoms with Gasteiger partial charge < -0.3 is 5.32 Å². The molecule has 1 aliphatic rings. The van der Waals surface area contributed by atoms with Gasteiger partial charge in [0.25, 0.3) is 0 Å². The van der Waals surface area contributed by atoms with E-state index in [0.717, 1.165) is 23.6 Å². The molecule has 3 aromatic rings. The summed E-state index contributed by atoms with van der Waals surface area (Å²) in [4.78, 5) is 4.62. The Morgan fingerprint density at radius 2 is 1.75 bits per heavy atom. The average Bonchev–Trinajstić information content (AvgIpc) is 3.14. The zero-order valence-corrected chi connectivity index (χ0v) is 10.9. The van der Waals surface area contributed by atoms with Crippen molar-refractivity contribution in [1.82, 2.24) is 15.2 Å². The number of anilines is 1. The van der Waals surface area contributed by atoms with Crippen molar-refractivity contribution in [2.75, 3.05) is 5.32 Å². The number of hydrogen-bond donors (Lipinski definition) is 2. The van der Waals surface area contributed by atoms with Gasteiger partial charge in [0, 0.05) is 17.7 Å². The maximum Gasteiger partial charge on any atom is 0.181 e. The molecule has 4 rings (SSSR count). The first-order chi connectivity index (χ1) is 9.90. The Morgan fingerprint density at radius 1 is 0.950 bits per heavy atom. The highest BCUT2D eigenvalue weighted by Crippen LogP contribution is 2.32. The molecule has 2 N–H and O–H groups in total. The van der Waals surface area contributed by atoms with Crippen LogP contribution in [0.1, 0.15) is 17.4 Å². The second-order valence-corrected chi connectivity index (χ2v) is 4.97. The van der Waals surface area contributed by atoms with Gasteiger partial charge in [-0.2, -0.15) is 5.10 Å². The Bertz CT molecular complexity index is 708. The Labute approximate surface area is 116 Å². The van der Waals surface area contributed by atoms with Crippen LogP contribution in [0, 0.1) is 0 Å². The molecule has 0 amide bonds. The first-order valence-electron chi connectivity index (χ1n) is 6.72. The van der Waals surface area contributed by atoms with E-state index in [4.69, 9.17) is 0 Å². The molecule has 4 nitrogen and oxygen atoms in total. The molecule has 0 fully saturated rings. The molecule has 0 saturated carbocycles. The van der Waals surface area contributed by atoms with E-state index in [2.05, 4.69) is 38.7 Å². The molecule has 0 spiro atoms. The van der Waals surface area contributed by atoms with E-state index in [1.165, 1.54) is 11.3 Å². The largest absolute Gasteiger partial charge is 0.375 e. The summed E-state index contributed by atoms with van der Waals surface area (Å²) in [5.41, 5.74) is 3.55. The Morgan fingerprint density at radius 3 is 2.60 bits per heavy atom. The van der Waals surface area contributed by atoms with Crippen molar-refractivity contribution >= 4 is 5.69 Å². The number of benzene rings is 2. The van der Waals surface area contributed by atoms with Crippen molar-refractivity contribution in [3.05, 3.63) is 66.0 Å². The molecule has 98 valence electrons. The Balaban J connectivity index is 1.61. The molecule has 20 heavy (non-hydrogen) atoms. The predicted molar refractivity (Wildman–Crippen MR) is 78.3 cm³/mol. The molecule has 1 aliphatic heterocycles. The maximum absolute atomic E-state index is 4.62. The van der Waals surface area contributed by atoms with Crippen molar-refractivity contribution in [2.45, 2.75) is 12.5 Å². The number of para-hydroxylation sites is 1. The molecule has 2 heterocycles. The van der Waals surface area contributed by atoms with Gasteiger partial charge in [0.1, 0.15) is 5.82 Å². The number of fused-ring (bicyclic) bond motifs is 1. The number of nitrogens with one attached hydrogen (secondary N) is 2. The number of rotatable bonds is 2. The number of nitrogens with zero attached hydrogens (tertiary/aromatic N) is 2. The lowest BCUT2D eigenvalue weighted by molar-refractivity contribution is 0.753. The van der Waals surface area contributed by atoms with Crippen molar-refractivity contribution in [2.24, 2.45) is 0 Å². The van der Waals surface area contributed by atoms with E-state index < -0.39 is 0 Å². The number of aromatic nitrogens is 3. The lowest BCUT2D eigenvalue weighted by atomic mass is 10.1. The van der Waals surface area contributed by atoms with Gasteiger partial charge in [0.2, 0.25) is 0 Å². The van der Waals surface area contributed by atoms with Crippen LogP contribution in [0.4, 0.5) is 5.69 Å². The first kappa shape index (κ1) is 11.2. The number of hydrogen-bond acceptors (Lipinski definition) is 3. The van der Waals surface area contributed by atoms with Crippen molar-refractivity contribution in [3.63, 3.8) is 0 Å². The molecular formula is C16H14N4. The maximum atomic E-state index is 4.62. The smallest absolute Gasteiger partial charge is 0.181 e. The van der Waals surface area contributed by atoms with Crippen molar-refractivity contribution in [3.8, 4) is 11.4 Å². The molecule has 0 bridgehead atoms. The van der Waals surface area contributed by atoms with Crippen LogP contribution in [-0.4, -0.2) is 15.2 Å². The van der Waals surface area contributed by atoms with E-state index in [1.54, 1.807) is 0 Å². The second kappa shape index (κ2) is 4.49. The Kier molecular flexibility index (Phi) is 2.52. The average molecular weight is 262 g/mol. The Hall–Kier alpha value is -2.62. The lowest BCUT2D eigenvalue weighted by Crippen LogP contribution is -2.07. The van der Waals surface area contributed by atoms with E-state index >= 15 is 0 Å². The molecule has 2 aromatic carbocycles. The lowest BCUT2D eigenvalue weighted by Gasteiger charge is -2.06. The van der Waals surface area contributed by atoms with Gasteiger partial charge in [0.05, 0.1) is 6.04 Å². The molecule has 4 heteroatoms. The summed E-state index contributed by atoms with van der Waals surface area (Å²) in [5, 5.41) is 10.9. The number of aromatic amines is 1. The molecule has 0 radical (unpaired) electrons. The van der Waals surface area contributed by atoms with Gasteiger partial charge in [-0.3, -0.25) is 5.10 Å². The van der Waals surface area contributed by atoms with Gasteiger partial charge in [0.15, 0.2) is 5.82 Å². The van der Waals surface area contributed by atoms with Crippen molar-refractivity contribution in [1.29, 1.82) is 0 Å². The van der Waals surface area contributed by atoms with E-state index in [1.807, 2.05) is 36.4 Å². The minimum absolute atomic E-state index is 0.178. The SMILES string of the molecule is c1ccc(-c2n[nH]c([C@@H]3Cc4ccccc4N3)n2)cc1. The van der Waals surface area contributed by atoms with E-state index in [-0.39, 0.29) is 6.04 Å². The molecule has 0 saturated heterocycles. The fraction of sp³-hybridized carbons (Fsp3) is 0.125. The molecule has 1 aromatic heterocycles. The fourth-order valence-electron chi connectivity index (χ4n) is 2.61. The predicted octanol–water partition coefficient (Wildman–Crippen LogP) is 3.18. The third-order valence-corrected chi connectivity index (χ3v) is 3.64. The fourth-order valence-corrected chi connectivity index (χ4v) is 2.61.